The molecular formula is C22H24N6O2. The Morgan fingerprint density at radius 2 is 1.83 bits per heavy atom. The van der Waals surface area contributed by atoms with Crippen molar-refractivity contribution in [2.24, 2.45) is 5.92 Å². The number of carbonyl (C=O) groups is 1. The summed E-state index contributed by atoms with van der Waals surface area (Å²) in [5.74, 6) is 0.946. The highest BCUT2D eigenvalue weighted by Crippen LogP contribution is 2.22. The molecule has 0 aliphatic rings. The third-order valence-corrected chi connectivity index (χ3v) is 4.96. The second-order valence-corrected chi connectivity index (χ2v) is 7.77. The van der Waals surface area contributed by atoms with E-state index >= 15 is 0 Å². The van der Waals surface area contributed by atoms with E-state index in [0.717, 1.165) is 23.3 Å². The molecule has 2 N–H and O–H groups in total. The predicted octanol–water partition coefficient (Wildman–Crippen LogP) is 2.96. The molecule has 30 heavy (non-hydrogen) atoms. The lowest BCUT2D eigenvalue weighted by Crippen LogP contribution is -2.32. The number of para-hydroxylation sites is 2. The molecule has 0 bridgehead atoms. The van der Waals surface area contributed by atoms with Crippen LogP contribution in [0.25, 0.3) is 21.9 Å². The first-order chi connectivity index (χ1) is 14.5. The molecule has 0 aliphatic heterocycles. The lowest BCUT2D eigenvalue weighted by atomic mass is 10.0. The number of amides is 1. The normalized spacial score (nSPS) is 12.5. The van der Waals surface area contributed by atoms with Gasteiger partial charge >= 0.3 is 0 Å². The minimum Gasteiger partial charge on any atom is -0.346 e. The van der Waals surface area contributed by atoms with E-state index in [2.05, 4.69) is 39.4 Å². The van der Waals surface area contributed by atoms with Gasteiger partial charge in [-0.05, 0) is 36.6 Å². The Morgan fingerprint density at radius 3 is 2.60 bits per heavy atom. The van der Waals surface area contributed by atoms with Gasteiger partial charge in [0.05, 0.1) is 29.0 Å². The molecule has 0 radical (unpaired) electrons. The van der Waals surface area contributed by atoms with Gasteiger partial charge in [-0.3, -0.25) is 9.59 Å². The van der Waals surface area contributed by atoms with Gasteiger partial charge in [-0.15, -0.1) is 5.10 Å². The maximum absolute atomic E-state index is 12.7. The summed E-state index contributed by atoms with van der Waals surface area (Å²) >= 11 is 0. The Morgan fingerprint density at radius 1 is 1.10 bits per heavy atom. The highest BCUT2D eigenvalue weighted by molar-refractivity contribution is 5.78. The van der Waals surface area contributed by atoms with E-state index in [-0.39, 0.29) is 30.5 Å². The van der Waals surface area contributed by atoms with Crippen molar-refractivity contribution in [3.8, 4) is 0 Å². The molecule has 0 saturated carbocycles. The Hall–Kier alpha value is -3.55. The quantitative estimate of drug-likeness (QED) is 0.493. The van der Waals surface area contributed by atoms with E-state index in [9.17, 15) is 9.59 Å². The van der Waals surface area contributed by atoms with Crippen LogP contribution >= 0.6 is 0 Å². The molecule has 4 aromatic rings. The molecule has 4 rings (SSSR count). The summed E-state index contributed by atoms with van der Waals surface area (Å²) in [5, 5.41) is 11.6. The number of aromatic amines is 1. The van der Waals surface area contributed by atoms with Crippen molar-refractivity contribution in [1.82, 2.24) is 30.3 Å². The maximum atomic E-state index is 12.7. The minimum absolute atomic E-state index is 0.127. The fraction of sp³-hybridized carbons (Fsp3) is 0.318. The fourth-order valence-electron chi connectivity index (χ4n) is 3.49. The van der Waals surface area contributed by atoms with Crippen molar-refractivity contribution in [2.75, 3.05) is 0 Å². The average Bonchev–Trinajstić information content (AvgIpc) is 3.17. The SMILES string of the molecule is CC(C)CC(NC(=O)CCn1nnc2ccccc2c1=O)c1nc2ccccc2[nH]1. The van der Waals surface area contributed by atoms with Crippen molar-refractivity contribution in [3.05, 3.63) is 64.7 Å². The van der Waals surface area contributed by atoms with Gasteiger partial charge in [-0.2, -0.15) is 0 Å². The van der Waals surface area contributed by atoms with E-state index < -0.39 is 0 Å². The van der Waals surface area contributed by atoms with Gasteiger partial charge in [0.2, 0.25) is 5.91 Å². The van der Waals surface area contributed by atoms with Crippen LogP contribution in [0.1, 0.15) is 38.6 Å². The summed E-state index contributed by atoms with van der Waals surface area (Å²) in [5.41, 5.74) is 2.11. The third kappa shape index (κ3) is 4.22. The molecule has 2 heterocycles. The number of nitrogens with zero attached hydrogens (tertiary/aromatic N) is 4. The van der Waals surface area contributed by atoms with Crippen LogP contribution in [-0.4, -0.2) is 30.9 Å². The second-order valence-electron chi connectivity index (χ2n) is 7.77. The zero-order chi connectivity index (χ0) is 21.1. The van der Waals surface area contributed by atoms with Crippen LogP contribution in [0.5, 0.6) is 0 Å². The standard InChI is InChI=1S/C22H24N6O2/c1-14(2)13-19(21-24-17-9-5-6-10-18(17)25-21)23-20(29)11-12-28-22(30)15-7-3-4-8-16(15)26-27-28/h3-10,14,19H,11-13H2,1-2H3,(H,23,29)(H,24,25). The number of H-pyrrole nitrogens is 1. The number of nitrogens with one attached hydrogen (secondary N) is 2. The number of fused-ring (bicyclic) bond motifs is 2. The van der Waals surface area contributed by atoms with Gasteiger partial charge in [-0.1, -0.05) is 43.3 Å². The summed E-state index contributed by atoms with van der Waals surface area (Å²) in [4.78, 5) is 33.1. The Balaban J connectivity index is 1.48. The van der Waals surface area contributed by atoms with Crippen molar-refractivity contribution in [1.29, 1.82) is 0 Å². The third-order valence-electron chi connectivity index (χ3n) is 4.96. The summed E-state index contributed by atoms with van der Waals surface area (Å²) in [6.45, 7) is 4.37. The van der Waals surface area contributed by atoms with Gasteiger partial charge < -0.3 is 10.3 Å². The number of imidazole rings is 1. The predicted molar refractivity (Wildman–Crippen MR) is 115 cm³/mol. The monoisotopic (exact) mass is 404 g/mol. The fourth-order valence-corrected chi connectivity index (χ4v) is 3.49. The molecule has 0 spiro atoms. The first-order valence-electron chi connectivity index (χ1n) is 10.1. The first kappa shape index (κ1) is 19.8. The van der Waals surface area contributed by atoms with Gasteiger partial charge in [0.25, 0.3) is 5.56 Å². The average molecular weight is 404 g/mol. The lowest BCUT2D eigenvalue weighted by molar-refractivity contribution is -0.122. The van der Waals surface area contributed by atoms with E-state index in [1.165, 1.54) is 4.68 Å². The lowest BCUT2D eigenvalue weighted by Gasteiger charge is -2.18. The number of aryl methyl sites for hydroxylation is 1. The first-order valence-corrected chi connectivity index (χ1v) is 10.1. The largest absolute Gasteiger partial charge is 0.346 e. The Kier molecular flexibility index (Phi) is 5.56. The number of hydrogen-bond acceptors (Lipinski definition) is 5. The summed E-state index contributed by atoms with van der Waals surface area (Å²) in [7, 11) is 0. The molecule has 1 unspecified atom stereocenters. The second kappa shape index (κ2) is 8.44. The molecule has 1 amide bonds. The number of hydrogen-bond donors (Lipinski definition) is 2. The number of aromatic nitrogens is 5. The van der Waals surface area contributed by atoms with Crippen molar-refractivity contribution in [2.45, 2.75) is 39.3 Å². The van der Waals surface area contributed by atoms with Crippen molar-refractivity contribution < 1.29 is 4.79 Å². The molecule has 2 aromatic heterocycles. The van der Waals surface area contributed by atoms with Crippen LogP contribution in [0.3, 0.4) is 0 Å². The van der Waals surface area contributed by atoms with Gasteiger partial charge in [0, 0.05) is 6.42 Å². The Bertz CT molecular complexity index is 1210. The van der Waals surface area contributed by atoms with E-state index in [0.29, 0.717) is 16.8 Å². The molecule has 2 aromatic carbocycles. The van der Waals surface area contributed by atoms with Crippen molar-refractivity contribution in [3.63, 3.8) is 0 Å². The van der Waals surface area contributed by atoms with Gasteiger partial charge in [0.15, 0.2) is 0 Å². The molecule has 0 saturated heterocycles. The highest BCUT2D eigenvalue weighted by Gasteiger charge is 2.20. The van der Waals surface area contributed by atoms with Crippen LogP contribution in [0.2, 0.25) is 0 Å². The highest BCUT2D eigenvalue weighted by atomic mass is 16.2. The van der Waals surface area contributed by atoms with Crippen LogP contribution in [0.4, 0.5) is 0 Å². The molecular weight excluding hydrogens is 380 g/mol. The zero-order valence-electron chi connectivity index (χ0n) is 17.0. The molecule has 154 valence electrons. The van der Waals surface area contributed by atoms with E-state index in [1.807, 2.05) is 24.3 Å². The van der Waals surface area contributed by atoms with Crippen molar-refractivity contribution >= 4 is 27.8 Å². The summed E-state index contributed by atoms with van der Waals surface area (Å²) < 4.78 is 1.24. The maximum Gasteiger partial charge on any atom is 0.277 e. The van der Waals surface area contributed by atoms with E-state index in [4.69, 9.17) is 0 Å². The molecule has 0 aliphatic carbocycles. The minimum atomic E-state index is -0.246. The summed E-state index contributed by atoms with van der Waals surface area (Å²) in [6, 6.07) is 14.6. The van der Waals surface area contributed by atoms with Crippen LogP contribution in [0.15, 0.2) is 53.3 Å². The smallest absolute Gasteiger partial charge is 0.277 e. The molecule has 8 heteroatoms. The van der Waals surface area contributed by atoms with Gasteiger partial charge in [-0.25, -0.2) is 9.67 Å². The Labute approximate surface area is 173 Å². The summed E-state index contributed by atoms with van der Waals surface area (Å²) in [6.07, 6.45) is 0.878. The van der Waals surface area contributed by atoms with Crippen LogP contribution < -0.4 is 10.9 Å². The molecule has 0 fully saturated rings. The number of carbonyl (C=O) groups excluding carboxylic acids is 1. The van der Waals surface area contributed by atoms with Crippen LogP contribution in [0, 0.1) is 5.92 Å². The number of rotatable bonds is 7. The van der Waals surface area contributed by atoms with Gasteiger partial charge in [0.1, 0.15) is 11.3 Å². The van der Waals surface area contributed by atoms with Crippen LogP contribution in [-0.2, 0) is 11.3 Å². The topological polar surface area (TPSA) is 106 Å². The molecule has 1 atom stereocenters. The zero-order valence-corrected chi connectivity index (χ0v) is 17.0. The van der Waals surface area contributed by atoms with E-state index in [1.54, 1.807) is 24.3 Å². The number of benzene rings is 2. The molecule has 8 nitrogen and oxygen atoms in total.